The number of aliphatic hydroxyl groups is 1. The van der Waals surface area contributed by atoms with Gasteiger partial charge in [0.1, 0.15) is 0 Å². The van der Waals surface area contributed by atoms with Crippen LogP contribution in [-0.4, -0.2) is 66.4 Å². The molecule has 29 heavy (non-hydrogen) atoms. The summed E-state index contributed by atoms with van der Waals surface area (Å²) < 4.78 is 6.24. The summed E-state index contributed by atoms with van der Waals surface area (Å²) in [6.45, 7) is 13.1. The minimum absolute atomic E-state index is 0.310. The summed E-state index contributed by atoms with van der Waals surface area (Å²) in [5.41, 5.74) is 1.30. The van der Waals surface area contributed by atoms with Crippen LogP contribution in [0.25, 0.3) is 0 Å². The number of nitrogens with zero attached hydrogens (tertiary/aromatic N) is 2. The van der Waals surface area contributed by atoms with Crippen LogP contribution in [0.5, 0.6) is 0 Å². The Morgan fingerprint density at radius 1 is 1.07 bits per heavy atom. The van der Waals surface area contributed by atoms with E-state index in [0.717, 1.165) is 50.1 Å². The van der Waals surface area contributed by atoms with E-state index in [1.54, 1.807) is 0 Å². The summed E-state index contributed by atoms with van der Waals surface area (Å²) >= 11 is 5.97. The van der Waals surface area contributed by atoms with Crippen LogP contribution in [0.15, 0.2) is 24.3 Å². The zero-order chi connectivity index (χ0) is 20.8. The number of aliphatic hydroxyl groups excluding tert-OH is 1. The lowest BCUT2D eigenvalue weighted by Crippen LogP contribution is -2.49. The third-order valence-corrected chi connectivity index (χ3v) is 6.97. The van der Waals surface area contributed by atoms with Crippen LogP contribution in [0.3, 0.4) is 0 Å². The van der Waals surface area contributed by atoms with E-state index < -0.39 is 6.10 Å². The van der Waals surface area contributed by atoms with E-state index in [2.05, 4.69) is 42.7 Å². The first-order valence-electron chi connectivity index (χ1n) is 11.4. The van der Waals surface area contributed by atoms with Crippen LogP contribution in [0.1, 0.15) is 45.6 Å². The van der Waals surface area contributed by atoms with Crippen LogP contribution in [0.4, 0.5) is 0 Å². The molecule has 0 radical (unpaired) electrons. The van der Waals surface area contributed by atoms with Crippen molar-refractivity contribution in [3.8, 4) is 0 Å². The minimum atomic E-state index is -0.400. The summed E-state index contributed by atoms with van der Waals surface area (Å²) in [4.78, 5) is 4.84. The molecule has 1 saturated heterocycles. The fraction of sp³-hybridized carbons (Fsp3) is 0.750. The summed E-state index contributed by atoms with van der Waals surface area (Å²) in [5.74, 6) is 2.02. The average molecular weight is 423 g/mol. The molecule has 2 fully saturated rings. The lowest BCUT2D eigenvalue weighted by atomic mass is 9.75. The average Bonchev–Trinajstić information content (AvgIpc) is 2.69. The molecular formula is C24H39ClN2O2. The van der Waals surface area contributed by atoms with Crippen molar-refractivity contribution >= 4 is 11.6 Å². The van der Waals surface area contributed by atoms with E-state index in [9.17, 15) is 5.11 Å². The second kappa shape index (κ2) is 11.1. The SMILES string of the molecule is CC1CCC(C(C)C)C(OCC(O)CN2CCN(Cc3ccc(Cl)cc3)CC2)C1. The molecule has 5 heteroatoms. The van der Waals surface area contributed by atoms with Gasteiger partial charge in [0, 0.05) is 44.3 Å². The van der Waals surface area contributed by atoms with E-state index in [-0.39, 0.29) is 0 Å². The molecule has 3 rings (SSSR count). The van der Waals surface area contributed by atoms with E-state index >= 15 is 0 Å². The summed E-state index contributed by atoms with van der Waals surface area (Å²) in [7, 11) is 0. The largest absolute Gasteiger partial charge is 0.389 e. The van der Waals surface area contributed by atoms with Crippen LogP contribution < -0.4 is 0 Å². The number of rotatable bonds is 8. The molecule has 4 nitrogen and oxygen atoms in total. The summed E-state index contributed by atoms with van der Waals surface area (Å²) in [6, 6.07) is 8.12. The predicted molar refractivity (Wildman–Crippen MR) is 120 cm³/mol. The molecule has 0 aromatic heterocycles. The smallest absolute Gasteiger partial charge is 0.0900 e. The maximum absolute atomic E-state index is 10.6. The highest BCUT2D eigenvalue weighted by atomic mass is 35.5. The van der Waals surface area contributed by atoms with Gasteiger partial charge >= 0.3 is 0 Å². The standard InChI is InChI=1S/C24H39ClN2O2/c1-18(2)23-9-4-19(3)14-24(23)29-17-22(28)16-27-12-10-26(11-13-27)15-20-5-7-21(25)8-6-20/h5-8,18-19,22-24,28H,4,9-17H2,1-3H3. The van der Waals surface area contributed by atoms with Crippen molar-refractivity contribution < 1.29 is 9.84 Å². The lowest BCUT2D eigenvalue weighted by Gasteiger charge is -2.38. The number of hydrogen-bond donors (Lipinski definition) is 1. The highest BCUT2D eigenvalue weighted by Gasteiger charge is 2.32. The summed E-state index contributed by atoms with van der Waals surface area (Å²) in [5, 5.41) is 11.3. The number of benzene rings is 1. The Balaban J connectivity index is 1.37. The number of ether oxygens (including phenoxy) is 1. The Morgan fingerprint density at radius 2 is 1.72 bits per heavy atom. The number of piperazine rings is 1. The Labute approximate surface area is 182 Å². The van der Waals surface area contributed by atoms with Crippen molar-refractivity contribution in [1.29, 1.82) is 0 Å². The fourth-order valence-electron chi connectivity index (χ4n) is 4.87. The van der Waals surface area contributed by atoms with Gasteiger partial charge in [-0.15, -0.1) is 0 Å². The van der Waals surface area contributed by atoms with Crippen molar-refractivity contribution in [3.63, 3.8) is 0 Å². The molecule has 1 N–H and O–H groups in total. The zero-order valence-electron chi connectivity index (χ0n) is 18.4. The molecule has 4 unspecified atom stereocenters. The third kappa shape index (κ3) is 7.22. The van der Waals surface area contributed by atoms with Gasteiger partial charge in [-0.2, -0.15) is 0 Å². The van der Waals surface area contributed by atoms with Gasteiger partial charge < -0.3 is 9.84 Å². The fourth-order valence-corrected chi connectivity index (χ4v) is 5.00. The first-order chi connectivity index (χ1) is 13.9. The van der Waals surface area contributed by atoms with Crippen molar-refractivity contribution in [2.75, 3.05) is 39.3 Å². The molecule has 2 aliphatic rings. The Morgan fingerprint density at radius 3 is 2.38 bits per heavy atom. The molecule has 1 aliphatic heterocycles. The molecule has 1 aromatic carbocycles. The van der Waals surface area contributed by atoms with Crippen molar-refractivity contribution in [1.82, 2.24) is 9.80 Å². The Bertz CT molecular complexity index is 601. The first-order valence-corrected chi connectivity index (χ1v) is 11.8. The highest BCUT2D eigenvalue weighted by Crippen LogP contribution is 2.35. The van der Waals surface area contributed by atoms with E-state index in [4.69, 9.17) is 16.3 Å². The maximum Gasteiger partial charge on any atom is 0.0900 e. The van der Waals surface area contributed by atoms with Gasteiger partial charge in [-0.05, 0) is 48.3 Å². The number of hydrogen-bond acceptors (Lipinski definition) is 4. The minimum Gasteiger partial charge on any atom is -0.389 e. The summed E-state index contributed by atoms with van der Waals surface area (Å²) in [6.07, 6.45) is 3.62. The van der Waals surface area contributed by atoms with Crippen molar-refractivity contribution in [2.45, 2.75) is 58.8 Å². The molecule has 1 aromatic rings. The van der Waals surface area contributed by atoms with Crippen molar-refractivity contribution in [3.05, 3.63) is 34.9 Å². The van der Waals surface area contributed by atoms with Gasteiger partial charge in [0.15, 0.2) is 0 Å². The molecule has 1 saturated carbocycles. The molecule has 0 amide bonds. The molecular weight excluding hydrogens is 384 g/mol. The van der Waals surface area contributed by atoms with Crippen LogP contribution in [0.2, 0.25) is 5.02 Å². The molecule has 0 bridgehead atoms. The van der Waals surface area contributed by atoms with Gasteiger partial charge in [0.25, 0.3) is 0 Å². The van der Waals surface area contributed by atoms with Crippen LogP contribution in [0, 0.1) is 17.8 Å². The van der Waals surface area contributed by atoms with Gasteiger partial charge in [0.05, 0.1) is 18.8 Å². The van der Waals surface area contributed by atoms with Gasteiger partial charge in [-0.3, -0.25) is 9.80 Å². The van der Waals surface area contributed by atoms with E-state index in [1.165, 1.54) is 18.4 Å². The monoisotopic (exact) mass is 422 g/mol. The number of β-amino-alcohol motifs (C(OH)–C–C–N with tert-alkyl or cyclic N) is 1. The maximum atomic E-state index is 10.6. The predicted octanol–water partition coefficient (Wildman–Crippen LogP) is 4.30. The van der Waals surface area contributed by atoms with E-state index in [1.807, 2.05) is 12.1 Å². The van der Waals surface area contributed by atoms with Gasteiger partial charge in [0.2, 0.25) is 0 Å². The van der Waals surface area contributed by atoms with Crippen LogP contribution in [-0.2, 0) is 11.3 Å². The molecule has 4 atom stereocenters. The molecule has 164 valence electrons. The third-order valence-electron chi connectivity index (χ3n) is 6.72. The second-order valence-electron chi connectivity index (χ2n) is 9.55. The normalized spacial score (nSPS) is 28.0. The molecule has 0 spiro atoms. The molecule has 1 heterocycles. The highest BCUT2D eigenvalue weighted by molar-refractivity contribution is 6.30. The molecule has 1 aliphatic carbocycles. The quantitative estimate of drug-likeness (QED) is 0.677. The van der Waals surface area contributed by atoms with E-state index in [0.29, 0.717) is 31.1 Å². The topological polar surface area (TPSA) is 35.9 Å². The second-order valence-corrected chi connectivity index (χ2v) is 9.99. The van der Waals surface area contributed by atoms with Gasteiger partial charge in [-0.25, -0.2) is 0 Å². The Hall–Kier alpha value is -0.650. The first kappa shape index (κ1) is 23.0. The Kier molecular flexibility index (Phi) is 8.82. The van der Waals surface area contributed by atoms with Crippen molar-refractivity contribution in [2.24, 2.45) is 17.8 Å². The number of halogens is 1. The zero-order valence-corrected chi connectivity index (χ0v) is 19.2. The lowest BCUT2D eigenvalue weighted by molar-refractivity contribution is -0.0755. The van der Waals surface area contributed by atoms with Crippen LogP contribution >= 0.6 is 11.6 Å². The van der Waals surface area contributed by atoms with Gasteiger partial charge in [-0.1, -0.05) is 50.9 Å².